The maximum atomic E-state index is 12.7. The first-order chi connectivity index (χ1) is 9.37. The van der Waals surface area contributed by atoms with Crippen molar-refractivity contribution in [3.8, 4) is 0 Å². The molecular weight excluding hydrogens is 292 g/mol. The van der Waals surface area contributed by atoms with Crippen LogP contribution in [-0.2, 0) is 16.6 Å². The first-order valence-electron chi connectivity index (χ1n) is 7.16. The molecule has 1 heterocycles. The van der Waals surface area contributed by atoms with Crippen LogP contribution < -0.4 is 5.32 Å². The second kappa shape index (κ2) is 6.13. The van der Waals surface area contributed by atoms with E-state index in [-0.39, 0.29) is 6.04 Å². The lowest BCUT2D eigenvalue weighted by Gasteiger charge is -2.23. The Kier molecular flexibility index (Phi) is 4.89. The second-order valence-corrected chi connectivity index (χ2v) is 8.91. The van der Waals surface area contributed by atoms with E-state index < -0.39 is 10.0 Å². The largest absolute Gasteiger partial charge is 0.312 e. The second-order valence-electron chi connectivity index (χ2n) is 5.55. The number of thiophene rings is 1. The molecule has 0 radical (unpaired) electrons. The van der Waals surface area contributed by atoms with E-state index in [2.05, 4.69) is 5.32 Å². The van der Waals surface area contributed by atoms with Crippen molar-refractivity contribution < 1.29 is 8.42 Å². The van der Waals surface area contributed by atoms with Gasteiger partial charge in [-0.2, -0.15) is 4.31 Å². The first kappa shape index (κ1) is 15.9. The molecular formula is C14H24N2O2S2. The quantitative estimate of drug-likeness (QED) is 0.841. The van der Waals surface area contributed by atoms with Crippen molar-refractivity contribution >= 4 is 21.4 Å². The fourth-order valence-corrected chi connectivity index (χ4v) is 5.43. The molecule has 1 aromatic heterocycles. The first-order valence-corrected chi connectivity index (χ1v) is 9.41. The van der Waals surface area contributed by atoms with Crippen molar-refractivity contribution in [2.24, 2.45) is 5.92 Å². The van der Waals surface area contributed by atoms with Crippen LogP contribution in [0.4, 0.5) is 0 Å². The number of aryl methyl sites for hydroxylation is 1. The highest BCUT2D eigenvalue weighted by Crippen LogP contribution is 2.37. The zero-order chi connectivity index (χ0) is 14.9. The average molecular weight is 316 g/mol. The fraction of sp³-hybridized carbons (Fsp3) is 0.714. The minimum atomic E-state index is -3.35. The van der Waals surface area contributed by atoms with Gasteiger partial charge in [-0.25, -0.2) is 8.42 Å². The molecule has 114 valence electrons. The predicted octanol–water partition coefficient (Wildman–Crippen LogP) is 2.59. The SMILES string of the molecule is CCNCc1sc(S(=O)(=O)N(C)C(C)C2CC2)cc1C. The summed E-state index contributed by atoms with van der Waals surface area (Å²) in [4.78, 5) is 1.11. The fourth-order valence-electron chi connectivity index (χ4n) is 2.27. The maximum absolute atomic E-state index is 12.7. The van der Waals surface area contributed by atoms with E-state index in [0.29, 0.717) is 10.1 Å². The van der Waals surface area contributed by atoms with Crippen molar-refractivity contribution in [1.29, 1.82) is 0 Å². The summed E-state index contributed by atoms with van der Waals surface area (Å²) in [7, 11) is -1.64. The van der Waals surface area contributed by atoms with Gasteiger partial charge in [0, 0.05) is 24.5 Å². The van der Waals surface area contributed by atoms with E-state index >= 15 is 0 Å². The Morgan fingerprint density at radius 2 is 2.15 bits per heavy atom. The number of rotatable bonds is 7. The highest BCUT2D eigenvalue weighted by atomic mass is 32.2. The molecule has 1 aliphatic carbocycles. The van der Waals surface area contributed by atoms with E-state index in [4.69, 9.17) is 0 Å². The molecule has 0 aromatic carbocycles. The highest BCUT2D eigenvalue weighted by molar-refractivity contribution is 7.91. The summed E-state index contributed by atoms with van der Waals surface area (Å²) in [6.07, 6.45) is 2.30. The molecule has 1 saturated carbocycles. The number of hydrogen-bond acceptors (Lipinski definition) is 4. The third kappa shape index (κ3) is 3.24. The van der Waals surface area contributed by atoms with Crippen molar-refractivity contribution in [2.75, 3.05) is 13.6 Å². The van der Waals surface area contributed by atoms with Gasteiger partial charge in [-0.05, 0) is 50.8 Å². The van der Waals surface area contributed by atoms with E-state index in [0.717, 1.165) is 36.4 Å². The Labute approximate surface area is 126 Å². The third-order valence-corrected chi connectivity index (χ3v) is 7.68. The molecule has 1 aromatic rings. The maximum Gasteiger partial charge on any atom is 0.252 e. The summed E-state index contributed by atoms with van der Waals surface area (Å²) in [5.41, 5.74) is 1.06. The van der Waals surface area contributed by atoms with Crippen LogP contribution in [0.1, 0.15) is 37.1 Å². The zero-order valence-electron chi connectivity index (χ0n) is 12.6. The normalized spacial score (nSPS) is 17.6. The Hall–Kier alpha value is -0.430. The van der Waals surface area contributed by atoms with Gasteiger partial charge in [0.15, 0.2) is 0 Å². The molecule has 20 heavy (non-hydrogen) atoms. The van der Waals surface area contributed by atoms with Crippen LogP contribution in [0, 0.1) is 12.8 Å². The number of nitrogens with zero attached hydrogens (tertiary/aromatic N) is 1. The summed E-state index contributed by atoms with van der Waals surface area (Å²) >= 11 is 1.39. The van der Waals surface area contributed by atoms with E-state index in [1.807, 2.05) is 26.8 Å². The van der Waals surface area contributed by atoms with E-state index in [9.17, 15) is 8.42 Å². The molecule has 1 aliphatic rings. The Balaban J connectivity index is 2.20. The summed E-state index contributed by atoms with van der Waals surface area (Å²) in [5, 5.41) is 3.25. The lowest BCUT2D eigenvalue weighted by Crippen LogP contribution is -2.36. The standard InChI is InChI=1S/C14H24N2O2S2/c1-5-15-9-13-10(2)8-14(19-13)20(17,18)16(4)11(3)12-6-7-12/h8,11-12,15H,5-7,9H2,1-4H3. The average Bonchev–Trinajstić information content (AvgIpc) is 3.18. The van der Waals surface area contributed by atoms with Crippen molar-refractivity contribution in [3.63, 3.8) is 0 Å². The highest BCUT2D eigenvalue weighted by Gasteiger charge is 2.36. The molecule has 6 heteroatoms. The molecule has 0 amide bonds. The lowest BCUT2D eigenvalue weighted by atomic mass is 10.2. The summed E-state index contributed by atoms with van der Waals surface area (Å²) in [5.74, 6) is 0.539. The molecule has 0 bridgehead atoms. The van der Waals surface area contributed by atoms with Gasteiger partial charge < -0.3 is 5.32 Å². The smallest absolute Gasteiger partial charge is 0.252 e. The van der Waals surface area contributed by atoms with Gasteiger partial charge in [0.1, 0.15) is 4.21 Å². The number of hydrogen-bond donors (Lipinski definition) is 1. The molecule has 0 aliphatic heterocycles. The van der Waals surface area contributed by atoms with E-state index in [1.165, 1.54) is 11.3 Å². The van der Waals surface area contributed by atoms with Crippen LogP contribution in [0.25, 0.3) is 0 Å². The predicted molar refractivity (Wildman–Crippen MR) is 83.6 cm³/mol. The summed E-state index contributed by atoms with van der Waals surface area (Å²) in [6.45, 7) is 7.66. The van der Waals surface area contributed by atoms with E-state index in [1.54, 1.807) is 11.4 Å². The topological polar surface area (TPSA) is 49.4 Å². The molecule has 1 unspecified atom stereocenters. The molecule has 1 atom stereocenters. The lowest BCUT2D eigenvalue weighted by molar-refractivity contribution is 0.358. The van der Waals surface area contributed by atoms with Crippen LogP contribution in [0.5, 0.6) is 0 Å². The van der Waals surface area contributed by atoms with Gasteiger partial charge >= 0.3 is 0 Å². The van der Waals surface area contributed by atoms with Crippen molar-refractivity contribution in [1.82, 2.24) is 9.62 Å². The van der Waals surface area contributed by atoms with Crippen LogP contribution >= 0.6 is 11.3 Å². The molecule has 1 fully saturated rings. The van der Waals surface area contributed by atoms with Gasteiger partial charge in [-0.3, -0.25) is 0 Å². The minimum absolute atomic E-state index is 0.0969. The monoisotopic (exact) mass is 316 g/mol. The van der Waals surface area contributed by atoms with Crippen molar-refractivity contribution in [3.05, 3.63) is 16.5 Å². The van der Waals surface area contributed by atoms with Crippen molar-refractivity contribution in [2.45, 2.75) is 50.4 Å². The molecule has 0 saturated heterocycles. The number of sulfonamides is 1. The minimum Gasteiger partial charge on any atom is -0.312 e. The van der Waals surface area contributed by atoms with Gasteiger partial charge in [0.05, 0.1) is 0 Å². The summed E-state index contributed by atoms with van der Waals surface area (Å²) in [6, 6.07) is 1.91. The van der Waals surface area contributed by atoms with Gasteiger partial charge in [0.25, 0.3) is 10.0 Å². The van der Waals surface area contributed by atoms with Gasteiger partial charge in [-0.15, -0.1) is 11.3 Å². The molecule has 4 nitrogen and oxygen atoms in total. The van der Waals surface area contributed by atoms with Crippen LogP contribution in [0.15, 0.2) is 10.3 Å². The zero-order valence-corrected chi connectivity index (χ0v) is 14.3. The van der Waals surface area contributed by atoms with Crippen LogP contribution in [0.3, 0.4) is 0 Å². The number of nitrogens with one attached hydrogen (secondary N) is 1. The third-order valence-electron chi connectivity index (χ3n) is 4.04. The van der Waals surface area contributed by atoms with Crippen LogP contribution in [0.2, 0.25) is 0 Å². The molecule has 2 rings (SSSR count). The Morgan fingerprint density at radius 3 is 2.70 bits per heavy atom. The van der Waals surface area contributed by atoms with Gasteiger partial charge in [-0.1, -0.05) is 6.92 Å². The Bertz CT molecular complexity index is 562. The van der Waals surface area contributed by atoms with Gasteiger partial charge in [0.2, 0.25) is 0 Å². The van der Waals surface area contributed by atoms with Crippen LogP contribution in [-0.4, -0.2) is 32.4 Å². The molecule has 1 N–H and O–H groups in total. The Morgan fingerprint density at radius 1 is 1.50 bits per heavy atom. The summed E-state index contributed by atoms with van der Waals surface area (Å²) < 4.78 is 27.3. The molecule has 0 spiro atoms.